The molecule has 0 radical (unpaired) electrons. The Kier molecular flexibility index (Phi) is 8.15. The van der Waals surface area contributed by atoms with Gasteiger partial charge in [-0.1, -0.05) is 25.4 Å². The van der Waals surface area contributed by atoms with Gasteiger partial charge in [0, 0.05) is 17.4 Å². The van der Waals surface area contributed by atoms with Gasteiger partial charge in [0.1, 0.15) is 17.2 Å². The minimum absolute atomic E-state index is 0.117. The molecule has 0 spiro atoms. The van der Waals surface area contributed by atoms with E-state index in [1.54, 1.807) is 24.3 Å². The molecule has 7 heteroatoms. The highest BCUT2D eigenvalue weighted by Crippen LogP contribution is 2.31. The van der Waals surface area contributed by atoms with Gasteiger partial charge in [0.2, 0.25) is 0 Å². The smallest absolute Gasteiger partial charge is 0.343 e. The fourth-order valence-corrected chi connectivity index (χ4v) is 3.23. The van der Waals surface area contributed by atoms with Gasteiger partial charge in [0.25, 0.3) is 0 Å². The Morgan fingerprint density at radius 1 is 0.968 bits per heavy atom. The van der Waals surface area contributed by atoms with Crippen LogP contribution in [-0.4, -0.2) is 38.1 Å². The summed E-state index contributed by atoms with van der Waals surface area (Å²) in [6.45, 7) is 5.16. The quantitative estimate of drug-likeness (QED) is 0.305. The van der Waals surface area contributed by atoms with E-state index in [1.165, 1.54) is 7.11 Å². The number of fused-ring (bicyclic) bond motifs is 1. The SMILES string of the molecule is CCCc1c(OCCCOc2ccc(OCC(=O)OC)cc2)ccc2c(CC)noc12. The Bertz CT molecular complexity index is 980. The van der Waals surface area contributed by atoms with Crippen molar-refractivity contribution in [3.8, 4) is 17.2 Å². The van der Waals surface area contributed by atoms with E-state index >= 15 is 0 Å². The summed E-state index contributed by atoms with van der Waals surface area (Å²) in [7, 11) is 1.33. The molecule has 0 bridgehead atoms. The zero-order valence-corrected chi connectivity index (χ0v) is 18.3. The van der Waals surface area contributed by atoms with Gasteiger partial charge in [-0.15, -0.1) is 0 Å². The van der Waals surface area contributed by atoms with Crippen LogP contribution in [-0.2, 0) is 22.4 Å². The van der Waals surface area contributed by atoms with Gasteiger partial charge in [-0.25, -0.2) is 4.79 Å². The summed E-state index contributed by atoms with van der Waals surface area (Å²) < 4.78 is 27.2. The second-order valence-corrected chi connectivity index (χ2v) is 7.04. The predicted octanol–water partition coefficient (Wildman–Crippen LogP) is 4.74. The van der Waals surface area contributed by atoms with Crippen LogP contribution in [0.15, 0.2) is 40.9 Å². The van der Waals surface area contributed by atoms with Gasteiger partial charge < -0.3 is 23.5 Å². The van der Waals surface area contributed by atoms with Crippen molar-refractivity contribution in [3.05, 3.63) is 47.7 Å². The summed E-state index contributed by atoms with van der Waals surface area (Å²) in [5.41, 5.74) is 2.90. The lowest BCUT2D eigenvalue weighted by Gasteiger charge is -2.12. The van der Waals surface area contributed by atoms with Crippen LogP contribution in [0.4, 0.5) is 0 Å². The molecule has 0 N–H and O–H groups in total. The second kappa shape index (κ2) is 11.2. The summed E-state index contributed by atoms with van der Waals surface area (Å²) >= 11 is 0. The molecule has 0 unspecified atom stereocenters. The molecular weight excluding hydrogens is 398 g/mol. The Morgan fingerprint density at radius 3 is 2.35 bits per heavy atom. The highest BCUT2D eigenvalue weighted by Gasteiger charge is 2.15. The van der Waals surface area contributed by atoms with Crippen molar-refractivity contribution in [2.75, 3.05) is 26.9 Å². The van der Waals surface area contributed by atoms with Crippen molar-refractivity contribution in [1.82, 2.24) is 5.16 Å². The molecular formula is C24H29NO6. The lowest BCUT2D eigenvalue weighted by molar-refractivity contribution is -0.142. The maximum atomic E-state index is 11.1. The highest BCUT2D eigenvalue weighted by molar-refractivity contribution is 5.84. The number of methoxy groups -OCH3 is 1. The second-order valence-electron chi connectivity index (χ2n) is 7.04. The number of ether oxygens (including phenoxy) is 4. The van der Waals surface area contributed by atoms with E-state index in [0.29, 0.717) is 19.0 Å². The first kappa shape index (κ1) is 22.5. The van der Waals surface area contributed by atoms with E-state index in [9.17, 15) is 4.79 Å². The van der Waals surface area contributed by atoms with Crippen LogP contribution in [0.2, 0.25) is 0 Å². The molecule has 0 saturated heterocycles. The third kappa shape index (κ3) is 5.90. The average Bonchev–Trinajstić information content (AvgIpc) is 3.22. The largest absolute Gasteiger partial charge is 0.493 e. The first-order valence-corrected chi connectivity index (χ1v) is 10.6. The van der Waals surface area contributed by atoms with Crippen LogP contribution in [0.25, 0.3) is 11.0 Å². The zero-order valence-electron chi connectivity index (χ0n) is 18.3. The van der Waals surface area contributed by atoms with Crippen molar-refractivity contribution >= 4 is 16.9 Å². The van der Waals surface area contributed by atoms with Gasteiger partial charge >= 0.3 is 5.97 Å². The molecule has 3 aromatic rings. The summed E-state index contributed by atoms with van der Waals surface area (Å²) in [6.07, 6.45) is 3.46. The molecule has 0 aliphatic heterocycles. The number of benzene rings is 2. The molecule has 31 heavy (non-hydrogen) atoms. The van der Waals surface area contributed by atoms with E-state index in [-0.39, 0.29) is 6.61 Å². The Balaban J connectivity index is 1.48. The number of hydrogen-bond acceptors (Lipinski definition) is 7. The van der Waals surface area contributed by atoms with Gasteiger partial charge in [0.15, 0.2) is 12.2 Å². The van der Waals surface area contributed by atoms with E-state index < -0.39 is 5.97 Å². The van der Waals surface area contributed by atoms with Gasteiger partial charge in [-0.05, 0) is 49.2 Å². The fourth-order valence-electron chi connectivity index (χ4n) is 3.23. The molecule has 0 amide bonds. The normalized spacial score (nSPS) is 10.8. The summed E-state index contributed by atoms with van der Waals surface area (Å²) in [4.78, 5) is 11.1. The maximum absolute atomic E-state index is 11.1. The van der Waals surface area contributed by atoms with E-state index in [2.05, 4.69) is 23.7 Å². The van der Waals surface area contributed by atoms with Gasteiger partial charge in [-0.3, -0.25) is 0 Å². The molecule has 2 aromatic carbocycles. The molecule has 0 aliphatic carbocycles. The third-order valence-corrected chi connectivity index (χ3v) is 4.83. The number of carbonyl (C=O) groups is 1. The lowest BCUT2D eigenvalue weighted by atomic mass is 10.0. The van der Waals surface area contributed by atoms with Crippen LogP contribution in [0.5, 0.6) is 17.2 Å². The Hall–Kier alpha value is -3.22. The maximum Gasteiger partial charge on any atom is 0.343 e. The van der Waals surface area contributed by atoms with Crippen molar-refractivity contribution < 1.29 is 28.3 Å². The van der Waals surface area contributed by atoms with Crippen LogP contribution in [0.1, 0.15) is 37.9 Å². The number of esters is 1. The summed E-state index contributed by atoms with van der Waals surface area (Å²) in [6, 6.07) is 11.1. The minimum atomic E-state index is -0.421. The van der Waals surface area contributed by atoms with Crippen LogP contribution >= 0.6 is 0 Å². The van der Waals surface area contributed by atoms with Crippen LogP contribution < -0.4 is 14.2 Å². The third-order valence-electron chi connectivity index (χ3n) is 4.83. The molecule has 166 valence electrons. The number of aryl methyl sites for hydroxylation is 2. The summed E-state index contributed by atoms with van der Waals surface area (Å²) in [5.74, 6) is 1.74. The predicted molar refractivity (Wildman–Crippen MR) is 117 cm³/mol. The zero-order chi connectivity index (χ0) is 22.1. The molecule has 0 aliphatic rings. The first-order chi connectivity index (χ1) is 15.2. The van der Waals surface area contributed by atoms with Gasteiger partial charge in [0.05, 0.1) is 26.0 Å². The van der Waals surface area contributed by atoms with E-state index in [4.69, 9.17) is 18.7 Å². The van der Waals surface area contributed by atoms with Crippen molar-refractivity contribution in [1.29, 1.82) is 0 Å². The first-order valence-electron chi connectivity index (χ1n) is 10.6. The number of aromatic nitrogens is 1. The average molecular weight is 427 g/mol. The van der Waals surface area contributed by atoms with E-state index in [1.807, 2.05) is 12.1 Å². The molecule has 1 heterocycles. The van der Waals surface area contributed by atoms with Crippen molar-refractivity contribution in [3.63, 3.8) is 0 Å². The number of carbonyl (C=O) groups excluding carboxylic acids is 1. The summed E-state index contributed by atoms with van der Waals surface area (Å²) in [5, 5.41) is 5.26. The topological polar surface area (TPSA) is 80.0 Å². The molecule has 0 fully saturated rings. The standard InChI is InChI=1S/C24H29NO6/c1-4-7-20-22(13-12-19-21(5-2)25-31-24(19)20)29-15-6-14-28-17-8-10-18(11-9-17)30-16-23(26)27-3/h8-13H,4-7,14-16H2,1-3H3. The monoisotopic (exact) mass is 427 g/mol. The molecule has 0 atom stereocenters. The fraction of sp³-hybridized carbons (Fsp3) is 0.417. The van der Waals surface area contributed by atoms with Crippen molar-refractivity contribution in [2.45, 2.75) is 39.5 Å². The van der Waals surface area contributed by atoms with E-state index in [0.717, 1.165) is 59.4 Å². The molecule has 1 aromatic heterocycles. The number of rotatable bonds is 12. The lowest BCUT2D eigenvalue weighted by Crippen LogP contribution is -2.12. The highest BCUT2D eigenvalue weighted by atomic mass is 16.6. The van der Waals surface area contributed by atoms with Crippen molar-refractivity contribution in [2.24, 2.45) is 0 Å². The van der Waals surface area contributed by atoms with Gasteiger partial charge in [-0.2, -0.15) is 0 Å². The van der Waals surface area contributed by atoms with Crippen LogP contribution in [0, 0.1) is 0 Å². The Labute approximate surface area is 182 Å². The molecule has 3 rings (SSSR count). The Morgan fingerprint density at radius 2 is 1.68 bits per heavy atom. The molecule has 7 nitrogen and oxygen atoms in total. The molecule has 0 saturated carbocycles. The number of hydrogen-bond donors (Lipinski definition) is 0. The van der Waals surface area contributed by atoms with Crippen LogP contribution in [0.3, 0.4) is 0 Å². The number of nitrogens with zero attached hydrogens (tertiary/aromatic N) is 1. The minimum Gasteiger partial charge on any atom is -0.493 e.